The number of pyridine rings is 3. The minimum absolute atomic E-state index is 0.0164. The first-order valence-electron chi connectivity index (χ1n) is 11.1. The number of halogens is 1. The monoisotopic (exact) mass is 543 g/mol. The average Bonchev–Trinajstić information content (AvgIpc) is 2.85. The van der Waals surface area contributed by atoms with Gasteiger partial charge in [-0.1, -0.05) is 11.6 Å². The number of aromatic hydroxyl groups is 1. The minimum atomic E-state index is -3.66. The Balaban J connectivity index is 1.77. The second kappa shape index (κ2) is 10.8. The molecule has 37 heavy (non-hydrogen) atoms. The summed E-state index contributed by atoms with van der Waals surface area (Å²) in [4.78, 5) is 15.3. The van der Waals surface area contributed by atoms with Crippen molar-refractivity contribution < 1.29 is 23.0 Å². The van der Waals surface area contributed by atoms with Crippen LogP contribution in [0.2, 0.25) is 5.02 Å². The molecule has 0 atom stereocenters. The van der Waals surface area contributed by atoms with Gasteiger partial charge in [0, 0.05) is 30.6 Å². The van der Waals surface area contributed by atoms with Crippen LogP contribution in [0.25, 0.3) is 22.3 Å². The van der Waals surface area contributed by atoms with E-state index in [1.807, 2.05) is 19.0 Å². The zero-order valence-electron chi connectivity index (χ0n) is 20.7. The van der Waals surface area contributed by atoms with Gasteiger partial charge in [0.25, 0.3) is 0 Å². The number of likely N-dealkylation sites (N-methyl/N-ethyl adjacent to an activating group) is 1. The Morgan fingerprint density at radius 3 is 2.54 bits per heavy atom. The van der Waals surface area contributed by atoms with Crippen LogP contribution in [-0.2, 0) is 9.84 Å². The van der Waals surface area contributed by atoms with Crippen LogP contribution < -0.4 is 14.8 Å². The van der Waals surface area contributed by atoms with E-state index in [2.05, 4.69) is 15.3 Å². The molecule has 0 amide bonds. The van der Waals surface area contributed by atoms with E-state index in [9.17, 15) is 13.5 Å². The van der Waals surface area contributed by atoms with Crippen molar-refractivity contribution in [2.75, 3.05) is 45.9 Å². The standard InChI is InChI=1S/C25H26ClN5O5S/c1-31(2)9-10-36-22-8-5-16(13-28-22)29-24-21(37(4,33)34)14-27-19-7-6-18(30-23(19)24)15-11-17(26)25(32)20(12-15)35-3/h5-8,11-14,32H,9-10H2,1-4H3,(H,27,29). The van der Waals surface area contributed by atoms with Crippen LogP contribution in [0.5, 0.6) is 17.4 Å². The molecule has 0 unspecified atom stereocenters. The van der Waals surface area contributed by atoms with E-state index >= 15 is 0 Å². The van der Waals surface area contributed by atoms with Gasteiger partial charge in [0.1, 0.15) is 17.0 Å². The second-order valence-corrected chi connectivity index (χ2v) is 10.9. The van der Waals surface area contributed by atoms with Crippen molar-refractivity contribution in [2.24, 2.45) is 0 Å². The summed E-state index contributed by atoms with van der Waals surface area (Å²) in [5.41, 5.74) is 2.65. The van der Waals surface area contributed by atoms with Gasteiger partial charge in [-0.3, -0.25) is 4.98 Å². The number of hydrogen-bond donors (Lipinski definition) is 2. The molecule has 0 saturated heterocycles. The van der Waals surface area contributed by atoms with Crippen LogP contribution in [0.15, 0.2) is 53.7 Å². The number of benzene rings is 1. The van der Waals surface area contributed by atoms with E-state index in [-0.39, 0.29) is 27.1 Å². The molecule has 0 radical (unpaired) electrons. The fourth-order valence-corrected chi connectivity index (χ4v) is 4.48. The van der Waals surface area contributed by atoms with E-state index in [0.29, 0.717) is 40.5 Å². The van der Waals surface area contributed by atoms with Crippen LogP contribution in [0.1, 0.15) is 0 Å². The number of nitrogens with one attached hydrogen (secondary N) is 1. The van der Waals surface area contributed by atoms with Gasteiger partial charge in [-0.15, -0.1) is 0 Å². The Kier molecular flexibility index (Phi) is 7.67. The molecule has 0 spiro atoms. The van der Waals surface area contributed by atoms with Crippen molar-refractivity contribution in [2.45, 2.75) is 4.90 Å². The predicted octanol–water partition coefficient (Wildman–Crippen LogP) is 4.15. The summed E-state index contributed by atoms with van der Waals surface area (Å²) in [6, 6.07) is 10.0. The third-order valence-electron chi connectivity index (χ3n) is 5.42. The molecule has 0 aliphatic heterocycles. The number of sulfone groups is 1. The van der Waals surface area contributed by atoms with Crippen LogP contribution in [0, 0.1) is 0 Å². The summed E-state index contributed by atoms with van der Waals surface area (Å²) < 4.78 is 36.1. The lowest BCUT2D eigenvalue weighted by molar-refractivity contribution is 0.254. The summed E-state index contributed by atoms with van der Waals surface area (Å²) in [5.74, 6) is 0.456. The quantitative estimate of drug-likeness (QED) is 0.318. The molecule has 12 heteroatoms. The molecule has 3 aromatic heterocycles. The Labute approximate surface area is 219 Å². The van der Waals surface area contributed by atoms with Crippen molar-refractivity contribution >= 4 is 43.8 Å². The SMILES string of the molecule is COc1cc(-c2ccc3ncc(S(C)(=O)=O)c(Nc4ccc(OCCN(C)C)nc4)c3n2)cc(Cl)c1O. The van der Waals surface area contributed by atoms with Crippen molar-refractivity contribution in [3.63, 3.8) is 0 Å². The topological polar surface area (TPSA) is 127 Å². The molecule has 0 fully saturated rings. The number of rotatable bonds is 9. The van der Waals surface area contributed by atoms with E-state index in [1.165, 1.54) is 13.3 Å². The molecule has 1 aromatic carbocycles. The highest BCUT2D eigenvalue weighted by Gasteiger charge is 2.20. The summed E-state index contributed by atoms with van der Waals surface area (Å²) in [6.07, 6.45) is 3.96. The van der Waals surface area contributed by atoms with Gasteiger partial charge in [-0.25, -0.2) is 18.4 Å². The van der Waals surface area contributed by atoms with Gasteiger partial charge in [0.2, 0.25) is 5.88 Å². The normalized spacial score (nSPS) is 11.6. The van der Waals surface area contributed by atoms with Gasteiger partial charge in [0.15, 0.2) is 21.3 Å². The molecule has 4 aromatic rings. The summed E-state index contributed by atoms with van der Waals surface area (Å²) in [7, 11) is 1.66. The van der Waals surface area contributed by atoms with E-state index in [0.717, 1.165) is 12.8 Å². The van der Waals surface area contributed by atoms with Gasteiger partial charge < -0.3 is 24.8 Å². The number of methoxy groups -OCH3 is 1. The highest BCUT2D eigenvalue weighted by molar-refractivity contribution is 7.90. The molecule has 0 saturated carbocycles. The molecule has 194 valence electrons. The molecule has 0 aliphatic carbocycles. The predicted molar refractivity (Wildman–Crippen MR) is 143 cm³/mol. The molecule has 4 rings (SSSR count). The highest BCUT2D eigenvalue weighted by atomic mass is 35.5. The minimum Gasteiger partial charge on any atom is -0.503 e. The maximum atomic E-state index is 12.6. The first-order chi connectivity index (χ1) is 17.6. The molecule has 0 aliphatic rings. The van der Waals surface area contributed by atoms with Crippen molar-refractivity contribution in [3.8, 4) is 28.6 Å². The number of phenols is 1. The number of phenolic OH excluding ortho intramolecular Hbond substituents is 1. The molecule has 3 heterocycles. The van der Waals surface area contributed by atoms with E-state index < -0.39 is 9.84 Å². The van der Waals surface area contributed by atoms with E-state index in [4.69, 9.17) is 26.1 Å². The summed E-state index contributed by atoms with van der Waals surface area (Å²) in [6.45, 7) is 1.23. The number of hydrogen-bond acceptors (Lipinski definition) is 10. The molecular weight excluding hydrogens is 518 g/mol. The number of aromatic nitrogens is 3. The van der Waals surface area contributed by atoms with Crippen LogP contribution in [0.4, 0.5) is 11.4 Å². The molecule has 0 bridgehead atoms. The number of anilines is 2. The molecular formula is C25H26ClN5O5S. The van der Waals surface area contributed by atoms with Crippen molar-refractivity contribution in [1.82, 2.24) is 19.9 Å². The third-order valence-corrected chi connectivity index (χ3v) is 6.81. The van der Waals surface area contributed by atoms with Crippen molar-refractivity contribution in [1.29, 1.82) is 0 Å². The second-order valence-electron chi connectivity index (χ2n) is 8.50. The first-order valence-corrected chi connectivity index (χ1v) is 13.4. The summed E-state index contributed by atoms with van der Waals surface area (Å²) >= 11 is 6.17. The lowest BCUT2D eigenvalue weighted by Crippen LogP contribution is -2.19. The lowest BCUT2D eigenvalue weighted by atomic mass is 10.1. The van der Waals surface area contributed by atoms with Gasteiger partial charge in [-0.2, -0.15) is 0 Å². The summed E-state index contributed by atoms with van der Waals surface area (Å²) in [5, 5.41) is 13.3. The van der Waals surface area contributed by atoms with Crippen LogP contribution in [-0.4, -0.2) is 74.0 Å². The Hall–Kier alpha value is -3.67. The number of ether oxygens (including phenoxy) is 2. The largest absolute Gasteiger partial charge is 0.503 e. The first kappa shape index (κ1) is 26.4. The lowest BCUT2D eigenvalue weighted by Gasteiger charge is -2.15. The van der Waals surface area contributed by atoms with E-state index in [1.54, 1.807) is 42.6 Å². The molecule has 10 nitrogen and oxygen atoms in total. The average molecular weight is 544 g/mol. The fourth-order valence-electron chi connectivity index (χ4n) is 3.51. The fraction of sp³-hybridized carbons (Fsp3) is 0.240. The maximum absolute atomic E-state index is 12.6. The van der Waals surface area contributed by atoms with Gasteiger partial charge >= 0.3 is 0 Å². The van der Waals surface area contributed by atoms with Crippen LogP contribution >= 0.6 is 11.6 Å². The zero-order chi connectivity index (χ0) is 26.7. The number of nitrogens with zero attached hydrogens (tertiary/aromatic N) is 4. The zero-order valence-corrected chi connectivity index (χ0v) is 22.3. The van der Waals surface area contributed by atoms with Crippen molar-refractivity contribution in [3.05, 3.63) is 53.8 Å². The number of fused-ring (bicyclic) bond motifs is 1. The van der Waals surface area contributed by atoms with Crippen LogP contribution in [0.3, 0.4) is 0 Å². The maximum Gasteiger partial charge on any atom is 0.213 e. The highest BCUT2D eigenvalue weighted by Crippen LogP contribution is 2.39. The van der Waals surface area contributed by atoms with Gasteiger partial charge in [-0.05, 0) is 44.4 Å². The smallest absolute Gasteiger partial charge is 0.213 e. The Bertz CT molecular complexity index is 1550. The Morgan fingerprint density at radius 1 is 1.11 bits per heavy atom. The van der Waals surface area contributed by atoms with Gasteiger partial charge in [0.05, 0.1) is 40.9 Å². The molecule has 2 N–H and O–H groups in total. The Morgan fingerprint density at radius 2 is 1.89 bits per heavy atom. The third kappa shape index (κ3) is 6.01.